The van der Waals surface area contributed by atoms with E-state index in [1.165, 1.54) is 41.6 Å². The molecule has 0 unspecified atom stereocenters. The number of halogens is 4. The number of carboxylic acids is 1. The van der Waals surface area contributed by atoms with Gasteiger partial charge in [0.1, 0.15) is 29.7 Å². The molecule has 0 bridgehead atoms. The maximum Gasteiger partial charge on any atom is 0.417 e. The Labute approximate surface area is 471 Å². The second-order valence-electron chi connectivity index (χ2n) is 20.7. The molecule has 0 aliphatic carbocycles. The van der Waals surface area contributed by atoms with Gasteiger partial charge < -0.3 is 58.3 Å². The van der Waals surface area contributed by atoms with Crippen molar-refractivity contribution < 1.29 is 69.8 Å². The topological polar surface area (TPSA) is 364 Å². The number of nitrogens with zero attached hydrogens (tertiary/aromatic N) is 3. The molecule has 24 nitrogen and oxygen atoms in total. The summed E-state index contributed by atoms with van der Waals surface area (Å²) in [5, 5.41) is 24.6. The average molecular weight is 1180 g/mol. The first-order valence-electron chi connectivity index (χ1n) is 25.7. The molecule has 0 saturated carbocycles. The Hall–Kier alpha value is -7.27. The molecule has 1 aromatic heterocycles. The molecular formula is C52H70ClF3N12O12S. The Morgan fingerprint density at radius 2 is 1.43 bits per heavy atom. The van der Waals surface area contributed by atoms with Crippen LogP contribution in [0.3, 0.4) is 0 Å². The summed E-state index contributed by atoms with van der Waals surface area (Å²) in [6.45, 7) is 5.20. The highest BCUT2D eigenvalue weighted by atomic mass is 35.5. The molecule has 2 heterocycles. The number of sulfonamides is 1. The molecule has 0 radical (unpaired) electrons. The zero-order valence-electron chi connectivity index (χ0n) is 45.4. The zero-order valence-corrected chi connectivity index (χ0v) is 47.0. The number of pyridine rings is 1. The molecule has 29 heteroatoms. The summed E-state index contributed by atoms with van der Waals surface area (Å²) >= 11 is 5.58. The number of piperidine rings is 1. The van der Waals surface area contributed by atoms with Crippen LogP contribution >= 0.6 is 11.6 Å². The molecule has 4 atom stereocenters. The van der Waals surface area contributed by atoms with Gasteiger partial charge in [0.05, 0.1) is 22.0 Å². The fourth-order valence-electron chi connectivity index (χ4n) is 8.34. The van der Waals surface area contributed by atoms with Crippen molar-refractivity contribution in [1.82, 2.24) is 46.1 Å². The van der Waals surface area contributed by atoms with Crippen LogP contribution in [-0.4, -0.2) is 158 Å². The fraction of sp³-hybridized carbons (Fsp3) is 0.500. The van der Waals surface area contributed by atoms with Crippen LogP contribution < -0.4 is 48.1 Å². The largest absolute Gasteiger partial charge is 0.480 e. The quantitative estimate of drug-likeness (QED) is 0.0460. The van der Waals surface area contributed by atoms with E-state index < -0.39 is 134 Å². The summed E-state index contributed by atoms with van der Waals surface area (Å²) in [6, 6.07) is 5.15. The van der Waals surface area contributed by atoms with E-state index in [1.54, 1.807) is 37.6 Å². The third kappa shape index (κ3) is 20.3. The first kappa shape index (κ1) is 66.2. The van der Waals surface area contributed by atoms with E-state index in [-0.39, 0.29) is 68.4 Å². The highest BCUT2D eigenvalue weighted by molar-refractivity contribution is 7.89. The highest BCUT2D eigenvalue weighted by Crippen LogP contribution is 2.36. The van der Waals surface area contributed by atoms with Gasteiger partial charge in [-0.2, -0.15) is 17.9 Å². The highest BCUT2D eigenvalue weighted by Gasteiger charge is 2.44. The van der Waals surface area contributed by atoms with Crippen molar-refractivity contribution in [2.75, 3.05) is 52.1 Å². The number of hydrogen-bond acceptors (Lipinski definition) is 14. The zero-order chi connectivity index (χ0) is 60.5. The Kier molecular flexibility index (Phi) is 24.1. The number of amides is 8. The molecule has 12 N–H and O–H groups in total. The molecule has 2 aromatic carbocycles. The number of nitrogens with two attached hydrogens (primary N) is 2. The van der Waals surface area contributed by atoms with Gasteiger partial charge in [0.2, 0.25) is 51.4 Å². The minimum absolute atomic E-state index is 0.00749. The Balaban J connectivity index is 1.37. The molecule has 1 fully saturated rings. The minimum atomic E-state index is -5.03. The van der Waals surface area contributed by atoms with E-state index in [0.717, 1.165) is 6.07 Å². The Bertz CT molecular complexity index is 2850. The fourth-order valence-corrected chi connectivity index (χ4v) is 9.82. The van der Waals surface area contributed by atoms with Gasteiger partial charge in [-0.15, -0.1) is 0 Å². The molecule has 1 aliphatic rings. The van der Waals surface area contributed by atoms with Crippen LogP contribution in [-0.2, 0) is 61.0 Å². The molecule has 1 saturated heterocycles. The maximum absolute atomic E-state index is 14.0. The van der Waals surface area contributed by atoms with E-state index in [2.05, 4.69) is 36.9 Å². The number of anilines is 1. The van der Waals surface area contributed by atoms with Crippen LogP contribution in [0.2, 0.25) is 5.02 Å². The number of rotatable bonds is 28. The van der Waals surface area contributed by atoms with Crippen LogP contribution in [0.25, 0.3) is 0 Å². The summed E-state index contributed by atoms with van der Waals surface area (Å²) in [6.07, 6.45) is -2.06. The molecule has 0 spiro atoms. The van der Waals surface area contributed by atoms with Crippen molar-refractivity contribution in [3.8, 4) is 0 Å². The number of carbonyl (C=O) groups excluding carboxylic acids is 8. The lowest BCUT2D eigenvalue weighted by molar-refractivity contribution is -0.139. The van der Waals surface area contributed by atoms with Crippen LogP contribution in [0.4, 0.5) is 18.9 Å². The van der Waals surface area contributed by atoms with Gasteiger partial charge >= 0.3 is 12.1 Å². The number of carboxylic acid groups (broad SMARTS) is 1. The predicted molar refractivity (Wildman–Crippen MR) is 290 cm³/mol. The first-order chi connectivity index (χ1) is 37.8. The smallest absolute Gasteiger partial charge is 0.417 e. The molecule has 8 amide bonds. The van der Waals surface area contributed by atoms with Crippen LogP contribution in [0.5, 0.6) is 0 Å². The van der Waals surface area contributed by atoms with E-state index in [1.807, 2.05) is 19.0 Å². The molecule has 4 rings (SSSR count). The van der Waals surface area contributed by atoms with Crippen molar-refractivity contribution in [3.63, 3.8) is 0 Å². The second kappa shape index (κ2) is 29.4. The summed E-state index contributed by atoms with van der Waals surface area (Å²) in [5.74, 6) is -7.20. The molecule has 3 aromatic rings. The Morgan fingerprint density at radius 3 is 2.00 bits per heavy atom. The number of aliphatic carboxylic acids is 1. The van der Waals surface area contributed by atoms with Crippen molar-refractivity contribution in [2.24, 2.45) is 16.9 Å². The summed E-state index contributed by atoms with van der Waals surface area (Å²) in [7, 11) is -1.26. The van der Waals surface area contributed by atoms with Gasteiger partial charge in [-0.05, 0) is 125 Å². The SMILES string of the molecule is CN(C)CCC(=O)N[C@H](CCCCN)C(=O)NC1(C(N)=O)CCN(C(=O)c2ccc(NC(=O)[C@@H](NC(=O)[C@H](Cc3ccncc3)NC(=O)CNC(=O)CC[C@H](NS(=O)(=O)c3ccc(Cl)c(C(F)(F)F)c3)C(=O)O)C(C)(C)C)cc2)CC1. The normalized spacial score (nSPS) is 15.0. The molecule has 1 aliphatic heterocycles. The van der Waals surface area contributed by atoms with Crippen LogP contribution in [0, 0.1) is 5.41 Å². The predicted octanol–water partition coefficient (Wildman–Crippen LogP) is 1.42. The summed E-state index contributed by atoms with van der Waals surface area (Å²) in [5.41, 5.74) is 8.60. The summed E-state index contributed by atoms with van der Waals surface area (Å²) in [4.78, 5) is 125. The van der Waals surface area contributed by atoms with Crippen molar-refractivity contribution in [3.05, 3.63) is 88.7 Å². The maximum atomic E-state index is 14.0. The van der Waals surface area contributed by atoms with Gasteiger partial charge in [0.25, 0.3) is 5.91 Å². The number of benzene rings is 2. The minimum Gasteiger partial charge on any atom is -0.480 e. The number of likely N-dealkylation sites (tertiary alicyclic amines) is 1. The third-order valence-corrected chi connectivity index (χ3v) is 14.8. The number of carbonyl (C=O) groups is 9. The van der Waals surface area contributed by atoms with Crippen molar-refractivity contribution >= 4 is 80.5 Å². The number of aromatic nitrogens is 1. The van der Waals surface area contributed by atoms with Crippen LogP contribution in [0.1, 0.15) is 93.6 Å². The molecular weight excluding hydrogens is 1110 g/mol. The standard InChI is InChI=1S/C52H70ClF3N12O12S/c1-50(2,3)43(46(74)61-33-11-9-32(10-12-33)47(75)68-26-20-51(21-27-68,49(58)78)65-45(73)37(8-6-7-22-57)62-41(70)19-25-67(4)5)64-44(72)39(28-31-17-23-59-24-18-31)63-42(71)30-60-40(69)16-15-38(48(76)77)66-81(79,80)34-13-14-36(53)35(29-34)52(54,55)56/h9-14,17-18,23-24,29,37-39,43,66H,6-8,15-16,19-22,25-28,30,57H2,1-5H3,(H2,58,78)(H,60,69)(H,61,74)(H,62,70)(H,63,71)(H,64,72)(H,65,73)(H,76,77)/t37-,38+,39+,43-/m1/s1. The number of primary amides is 1. The summed E-state index contributed by atoms with van der Waals surface area (Å²) < 4.78 is 67.7. The number of nitrogens with one attached hydrogen (secondary N) is 7. The number of alkyl halides is 3. The van der Waals surface area contributed by atoms with Gasteiger partial charge in [0, 0.05) is 62.5 Å². The lowest BCUT2D eigenvalue weighted by Crippen LogP contribution is -2.65. The van der Waals surface area contributed by atoms with Gasteiger partial charge in [-0.3, -0.25) is 48.1 Å². The van der Waals surface area contributed by atoms with Gasteiger partial charge in [0.15, 0.2) is 0 Å². The number of unbranched alkanes of at least 4 members (excludes halogenated alkanes) is 1. The average Bonchev–Trinajstić information content (AvgIpc) is 3.50. The Morgan fingerprint density at radius 1 is 0.802 bits per heavy atom. The van der Waals surface area contributed by atoms with Crippen molar-refractivity contribution in [1.29, 1.82) is 0 Å². The van der Waals surface area contributed by atoms with Crippen molar-refractivity contribution in [2.45, 2.75) is 119 Å². The number of hydrogen-bond donors (Lipinski definition) is 10. The lowest BCUT2D eigenvalue weighted by atomic mass is 9.85. The first-order valence-corrected chi connectivity index (χ1v) is 27.6. The van der Waals surface area contributed by atoms with Gasteiger partial charge in [-0.1, -0.05) is 32.4 Å². The lowest BCUT2D eigenvalue weighted by Gasteiger charge is -2.40. The molecule has 81 heavy (non-hydrogen) atoms. The van der Waals surface area contributed by atoms with Crippen LogP contribution in [0.15, 0.2) is 71.9 Å². The third-order valence-electron chi connectivity index (χ3n) is 13.0. The van der Waals surface area contributed by atoms with E-state index in [9.17, 15) is 69.8 Å². The van der Waals surface area contributed by atoms with E-state index in [0.29, 0.717) is 37.6 Å². The van der Waals surface area contributed by atoms with Gasteiger partial charge in [-0.25, -0.2) is 8.42 Å². The molecule has 444 valence electrons. The van der Waals surface area contributed by atoms with E-state index >= 15 is 0 Å². The monoisotopic (exact) mass is 1180 g/mol. The second-order valence-corrected chi connectivity index (χ2v) is 22.8. The van der Waals surface area contributed by atoms with E-state index in [4.69, 9.17) is 23.1 Å².